The molecule has 0 aromatic heterocycles. The predicted octanol–water partition coefficient (Wildman–Crippen LogP) is 4.30. The molecule has 0 bridgehead atoms. The second-order valence-electron chi connectivity index (χ2n) is 12.2. The third-order valence-electron chi connectivity index (χ3n) is 9.43. The zero-order valence-corrected chi connectivity index (χ0v) is 18.5. The number of Topliss-reactive ketones (excluding diaryl/α,β-unsaturated/α-hetero) is 1. The normalized spacial score (nSPS) is 50.6. The summed E-state index contributed by atoms with van der Waals surface area (Å²) < 4.78 is 5.84. The van der Waals surface area contributed by atoms with Gasteiger partial charge in [0.2, 0.25) is 0 Å². The smallest absolute Gasteiger partial charge is 0.311 e. The highest BCUT2D eigenvalue weighted by molar-refractivity contribution is 5.92. The van der Waals surface area contributed by atoms with E-state index in [0.29, 0.717) is 23.5 Å². The van der Waals surface area contributed by atoms with Crippen LogP contribution in [0.1, 0.15) is 73.1 Å². The average molecular weight is 401 g/mol. The van der Waals surface area contributed by atoms with Crippen LogP contribution in [0.25, 0.3) is 0 Å². The summed E-state index contributed by atoms with van der Waals surface area (Å²) in [5.41, 5.74) is 0.642. The Labute approximate surface area is 174 Å². The van der Waals surface area contributed by atoms with Crippen molar-refractivity contribution in [1.29, 1.82) is 0 Å². The standard InChI is InChI=1S/C25H36O4/c1-23(2,3)22(28)29-14-6-8-24(4)13(10-14)11-18(26)19-17(24)7-9-25(5)20(19)15-12-16(15)21(25)27/h11,14-20,26H,6-10,12H2,1-5H3/t14?,15?,16?,17?,18?,19?,20?,24-,25-/m0/s1. The van der Waals surface area contributed by atoms with Gasteiger partial charge in [0.05, 0.1) is 11.5 Å². The van der Waals surface area contributed by atoms with Crippen LogP contribution in [-0.2, 0) is 14.3 Å². The molecule has 5 aliphatic carbocycles. The van der Waals surface area contributed by atoms with Gasteiger partial charge in [-0.3, -0.25) is 9.59 Å². The molecular formula is C25H36O4. The number of esters is 1. The molecule has 160 valence electrons. The minimum absolute atomic E-state index is 0.0614. The van der Waals surface area contributed by atoms with E-state index in [9.17, 15) is 14.7 Å². The first-order valence-electron chi connectivity index (χ1n) is 11.6. The molecular weight excluding hydrogens is 364 g/mol. The molecule has 0 amide bonds. The number of ether oxygens (including phenoxy) is 1. The number of aliphatic hydroxyl groups excluding tert-OH is 1. The van der Waals surface area contributed by atoms with Gasteiger partial charge in [-0.1, -0.05) is 25.5 Å². The predicted molar refractivity (Wildman–Crippen MR) is 110 cm³/mol. The van der Waals surface area contributed by atoms with Crippen molar-refractivity contribution in [2.75, 3.05) is 0 Å². The van der Waals surface area contributed by atoms with Crippen LogP contribution in [0.5, 0.6) is 0 Å². The lowest BCUT2D eigenvalue weighted by Crippen LogP contribution is -2.56. The lowest BCUT2D eigenvalue weighted by atomic mass is 9.46. The van der Waals surface area contributed by atoms with E-state index in [-0.39, 0.29) is 34.7 Å². The van der Waals surface area contributed by atoms with Gasteiger partial charge in [0.15, 0.2) is 0 Å². The molecule has 0 aromatic rings. The van der Waals surface area contributed by atoms with Gasteiger partial charge in [0.1, 0.15) is 11.9 Å². The number of fused-ring (bicyclic) bond motifs is 7. The van der Waals surface area contributed by atoms with E-state index in [1.54, 1.807) is 0 Å². The van der Waals surface area contributed by atoms with E-state index in [0.717, 1.165) is 38.5 Å². The van der Waals surface area contributed by atoms with Crippen LogP contribution in [0.3, 0.4) is 0 Å². The maximum atomic E-state index is 12.9. The summed E-state index contributed by atoms with van der Waals surface area (Å²) in [4.78, 5) is 25.3. The quantitative estimate of drug-likeness (QED) is 0.526. The summed E-state index contributed by atoms with van der Waals surface area (Å²) in [6.45, 7) is 10.2. The Morgan fingerprint density at radius 1 is 1.17 bits per heavy atom. The summed E-state index contributed by atoms with van der Waals surface area (Å²) in [6.07, 6.45) is 7.21. The average Bonchev–Trinajstić information content (AvgIpc) is 3.37. The molecule has 0 aliphatic heterocycles. The van der Waals surface area contributed by atoms with Gasteiger partial charge < -0.3 is 9.84 Å². The van der Waals surface area contributed by atoms with E-state index < -0.39 is 11.5 Å². The van der Waals surface area contributed by atoms with E-state index in [1.807, 2.05) is 20.8 Å². The molecule has 7 unspecified atom stereocenters. The molecule has 9 atom stereocenters. The maximum absolute atomic E-state index is 12.9. The largest absolute Gasteiger partial charge is 0.462 e. The fraction of sp³-hybridized carbons (Fsp3) is 0.840. The Morgan fingerprint density at radius 3 is 2.55 bits per heavy atom. The zero-order valence-electron chi connectivity index (χ0n) is 18.5. The minimum Gasteiger partial charge on any atom is -0.462 e. The fourth-order valence-corrected chi connectivity index (χ4v) is 7.69. The number of rotatable bonds is 1. The van der Waals surface area contributed by atoms with Gasteiger partial charge in [-0.15, -0.1) is 0 Å². The van der Waals surface area contributed by atoms with Crippen LogP contribution in [0.4, 0.5) is 0 Å². The van der Waals surface area contributed by atoms with Crippen molar-refractivity contribution in [3.05, 3.63) is 11.6 Å². The third kappa shape index (κ3) is 2.66. The molecule has 5 aliphatic rings. The van der Waals surface area contributed by atoms with Crippen molar-refractivity contribution < 1.29 is 19.4 Å². The molecule has 0 radical (unpaired) electrons. The first kappa shape index (κ1) is 19.8. The molecule has 4 heteroatoms. The minimum atomic E-state index is -0.490. The topological polar surface area (TPSA) is 63.6 Å². The lowest BCUT2D eigenvalue weighted by molar-refractivity contribution is -0.161. The Hall–Kier alpha value is -1.16. The molecule has 4 saturated carbocycles. The molecule has 0 aromatic carbocycles. The second-order valence-corrected chi connectivity index (χ2v) is 12.2. The van der Waals surface area contributed by atoms with Crippen molar-refractivity contribution in [3.8, 4) is 0 Å². The van der Waals surface area contributed by atoms with Crippen molar-refractivity contribution in [3.63, 3.8) is 0 Å². The van der Waals surface area contributed by atoms with E-state index in [4.69, 9.17) is 4.74 Å². The van der Waals surface area contributed by atoms with Crippen LogP contribution in [0, 0.1) is 45.8 Å². The van der Waals surface area contributed by atoms with Crippen molar-refractivity contribution in [1.82, 2.24) is 0 Å². The number of hydrogen-bond donors (Lipinski definition) is 1. The lowest BCUT2D eigenvalue weighted by Gasteiger charge is -2.58. The van der Waals surface area contributed by atoms with Gasteiger partial charge in [-0.2, -0.15) is 0 Å². The second kappa shape index (κ2) is 5.96. The molecule has 0 spiro atoms. The van der Waals surface area contributed by atoms with Crippen LogP contribution in [0.2, 0.25) is 0 Å². The van der Waals surface area contributed by atoms with E-state index >= 15 is 0 Å². The summed E-state index contributed by atoms with van der Waals surface area (Å²) in [6, 6.07) is 0. The van der Waals surface area contributed by atoms with Crippen molar-refractivity contribution >= 4 is 11.8 Å². The van der Waals surface area contributed by atoms with Crippen LogP contribution in [-0.4, -0.2) is 29.1 Å². The summed E-state index contributed by atoms with van der Waals surface area (Å²) in [5, 5.41) is 11.2. The van der Waals surface area contributed by atoms with Crippen molar-refractivity contribution in [2.24, 2.45) is 45.8 Å². The van der Waals surface area contributed by atoms with Gasteiger partial charge in [-0.05, 0) is 82.0 Å². The third-order valence-corrected chi connectivity index (χ3v) is 9.43. The molecule has 29 heavy (non-hydrogen) atoms. The fourth-order valence-electron chi connectivity index (χ4n) is 7.69. The Morgan fingerprint density at radius 2 is 1.86 bits per heavy atom. The maximum Gasteiger partial charge on any atom is 0.311 e. The van der Waals surface area contributed by atoms with E-state index in [1.165, 1.54) is 5.57 Å². The number of ketones is 1. The Bertz CT molecular complexity index is 791. The number of aliphatic hydroxyl groups is 1. The van der Waals surface area contributed by atoms with Gasteiger partial charge in [0.25, 0.3) is 0 Å². The molecule has 4 nitrogen and oxygen atoms in total. The number of carbonyl (C=O) groups is 2. The van der Waals surface area contributed by atoms with Crippen LogP contribution >= 0.6 is 0 Å². The van der Waals surface area contributed by atoms with Crippen LogP contribution in [0.15, 0.2) is 11.6 Å². The number of hydrogen-bond acceptors (Lipinski definition) is 4. The molecule has 0 heterocycles. The highest BCUT2D eigenvalue weighted by atomic mass is 16.5. The summed E-state index contributed by atoms with van der Waals surface area (Å²) >= 11 is 0. The first-order chi connectivity index (χ1) is 13.5. The molecule has 1 N–H and O–H groups in total. The summed E-state index contributed by atoms with van der Waals surface area (Å²) in [7, 11) is 0. The zero-order chi connectivity index (χ0) is 20.9. The summed E-state index contributed by atoms with van der Waals surface area (Å²) in [5.74, 6) is 2.12. The highest BCUT2D eigenvalue weighted by Crippen LogP contribution is 2.71. The van der Waals surface area contributed by atoms with E-state index in [2.05, 4.69) is 19.9 Å². The molecule has 4 fully saturated rings. The molecule has 0 saturated heterocycles. The first-order valence-corrected chi connectivity index (χ1v) is 11.6. The highest BCUT2D eigenvalue weighted by Gasteiger charge is 2.71. The monoisotopic (exact) mass is 400 g/mol. The van der Waals surface area contributed by atoms with Gasteiger partial charge >= 0.3 is 5.97 Å². The molecule has 5 rings (SSSR count). The number of carbonyl (C=O) groups excluding carboxylic acids is 2. The van der Waals surface area contributed by atoms with Crippen molar-refractivity contribution in [2.45, 2.75) is 85.4 Å². The SMILES string of the molecule is CC(C)(C)C(=O)OC1CC[C@@]2(C)C(=CC(O)C3C2CC[C@]2(C)C(=O)C4CC4C32)C1. The van der Waals surface area contributed by atoms with Gasteiger partial charge in [-0.25, -0.2) is 0 Å². The Balaban J connectivity index is 1.42. The van der Waals surface area contributed by atoms with Gasteiger partial charge in [0, 0.05) is 17.8 Å². The van der Waals surface area contributed by atoms with Crippen LogP contribution < -0.4 is 0 Å². The Kier molecular flexibility index (Phi) is 4.07.